The summed E-state index contributed by atoms with van der Waals surface area (Å²) in [5.41, 5.74) is 0.879. The predicted molar refractivity (Wildman–Crippen MR) is 98.6 cm³/mol. The number of rotatable bonds is 4. The predicted octanol–water partition coefficient (Wildman–Crippen LogP) is 3.73. The van der Waals surface area contributed by atoms with Crippen molar-refractivity contribution in [2.24, 2.45) is 0 Å². The Morgan fingerprint density at radius 1 is 1.35 bits per heavy atom. The van der Waals surface area contributed by atoms with Crippen molar-refractivity contribution in [3.05, 3.63) is 51.0 Å². The summed E-state index contributed by atoms with van der Waals surface area (Å²) in [5.74, 6) is -0.102. The number of carbonyl (C=O) groups is 2. The number of hydrogen-bond acceptors (Lipinski definition) is 7. The maximum Gasteiger partial charge on any atom is 0.292 e. The maximum atomic E-state index is 12.6. The van der Waals surface area contributed by atoms with E-state index in [-0.39, 0.29) is 23.6 Å². The largest absolute Gasteiger partial charge is 0.351 e. The molecule has 3 aromatic rings. The molecular weight excluding hydrogens is 372 g/mol. The summed E-state index contributed by atoms with van der Waals surface area (Å²) in [6.07, 6.45) is 3.25. The van der Waals surface area contributed by atoms with E-state index in [1.165, 1.54) is 28.9 Å². The van der Waals surface area contributed by atoms with E-state index < -0.39 is 0 Å². The number of likely N-dealkylation sites (tertiary alicyclic amines) is 1. The van der Waals surface area contributed by atoms with E-state index in [0.717, 1.165) is 23.4 Å². The van der Waals surface area contributed by atoms with Crippen LogP contribution in [0.2, 0.25) is 0 Å². The fraction of sp³-hybridized carbons (Fsp3) is 0.294. The lowest BCUT2D eigenvalue weighted by Crippen LogP contribution is -2.29. The lowest BCUT2D eigenvalue weighted by atomic mass is 10.2. The van der Waals surface area contributed by atoms with Gasteiger partial charge in [-0.2, -0.15) is 0 Å². The summed E-state index contributed by atoms with van der Waals surface area (Å²) in [6.45, 7) is 2.55. The topological polar surface area (TPSA) is 88.3 Å². The van der Waals surface area contributed by atoms with Crippen LogP contribution in [0.25, 0.3) is 0 Å². The van der Waals surface area contributed by atoms with Gasteiger partial charge in [-0.1, -0.05) is 5.16 Å². The molecule has 0 aromatic carbocycles. The van der Waals surface area contributed by atoms with Crippen molar-refractivity contribution in [2.75, 3.05) is 11.9 Å². The number of hydrogen-bond donors (Lipinski definition) is 1. The van der Waals surface area contributed by atoms with Crippen molar-refractivity contribution >= 4 is 39.6 Å². The minimum Gasteiger partial charge on any atom is -0.351 e. The molecule has 9 heteroatoms. The Hall–Kier alpha value is -2.52. The van der Waals surface area contributed by atoms with E-state index in [2.05, 4.69) is 15.5 Å². The van der Waals surface area contributed by atoms with E-state index >= 15 is 0 Å². The molecule has 0 aliphatic carbocycles. The Labute approximate surface area is 157 Å². The Morgan fingerprint density at radius 2 is 2.23 bits per heavy atom. The molecule has 7 nitrogen and oxygen atoms in total. The highest BCUT2D eigenvalue weighted by Crippen LogP contribution is 2.37. The molecule has 1 saturated heterocycles. The minimum atomic E-state index is -0.179. The van der Waals surface area contributed by atoms with E-state index in [0.29, 0.717) is 16.6 Å². The van der Waals surface area contributed by atoms with Crippen molar-refractivity contribution in [1.29, 1.82) is 0 Å². The van der Waals surface area contributed by atoms with Gasteiger partial charge in [0.2, 0.25) is 5.76 Å². The summed E-state index contributed by atoms with van der Waals surface area (Å²) in [4.78, 5) is 32.6. The maximum absolute atomic E-state index is 12.6. The van der Waals surface area contributed by atoms with Gasteiger partial charge in [0.05, 0.1) is 22.8 Å². The highest BCUT2D eigenvalue weighted by molar-refractivity contribution is 7.15. The average Bonchev–Trinajstić information content (AvgIpc) is 3.40. The molecule has 1 aliphatic rings. The molecular formula is C17H16N4O3S2. The molecule has 1 unspecified atom stereocenters. The summed E-state index contributed by atoms with van der Waals surface area (Å²) in [7, 11) is 0. The third-order valence-corrected chi connectivity index (χ3v) is 6.24. The average molecular weight is 388 g/mol. The first-order valence-electron chi connectivity index (χ1n) is 8.16. The highest BCUT2D eigenvalue weighted by atomic mass is 32.1. The second kappa shape index (κ2) is 7.00. The van der Waals surface area contributed by atoms with Crippen LogP contribution < -0.4 is 5.32 Å². The summed E-state index contributed by atoms with van der Waals surface area (Å²) >= 11 is 2.81. The third-order valence-electron chi connectivity index (χ3n) is 4.18. The van der Waals surface area contributed by atoms with E-state index in [4.69, 9.17) is 4.52 Å². The number of nitrogens with one attached hydrogen (secondary N) is 1. The van der Waals surface area contributed by atoms with Gasteiger partial charge < -0.3 is 9.42 Å². The van der Waals surface area contributed by atoms with Crippen LogP contribution in [0.15, 0.2) is 34.3 Å². The quantitative estimate of drug-likeness (QED) is 0.736. The molecule has 3 aromatic heterocycles. The summed E-state index contributed by atoms with van der Waals surface area (Å²) in [5, 5.41) is 8.90. The van der Waals surface area contributed by atoms with Gasteiger partial charge in [0.1, 0.15) is 0 Å². The normalized spacial score (nSPS) is 16.8. The Morgan fingerprint density at radius 3 is 2.96 bits per heavy atom. The number of thiazole rings is 1. The van der Waals surface area contributed by atoms with Crippen LogP contribution >= 0.6 is 22.7 Å². The van der Waals surface area contributed by atoms with E-state index in [9.17, 15) is 9.59 Å². The fourth-order valence-electron chi connectivity index (χ4n) is 3.00. The highest BCUT2D eigenvalue weighted by Gasteiger charge is 2.33. The number of nitrogens with zero attached hydrogens (tertiary/aromatic N) is 3. The van der Waals surface area contributed by atoms with Gasteiger partial charge in [0.15, 0.2) is 5.13 Å². The summed E-state index contributed by atoms with van der Waals surface area (Å²) < 4.78 is 5.00. The number of thiophene rings is 1. The Bertz CT molecular complexity index is 932. The fourth-order valence-corrected chi connectivity index (χ4v) is 4.73. The molecule has 1 aliphatic heterocycles. The van der Waals surface area contributed by atoms with Gasteiger partial charge in [-0.3, -0.25) is 14.9 Å². The molecule has 1 fully saturated rings. The first-order valence-corrected chi connectivity index (χ1v) is 9.86. The minimum absolute atomic E-state index is 0.0405. The lowest BCUT2D eigenvalue weighted by Gasteiger charge is -2.22. The van der Waals surface area contributed by atoms with Gasteiger partial charge in [0, 0.05) is 22.9 Å². The molecule has 0 bridgehead atoms. The number of carbonyl (C=O) groups excluding carboxylic acids is 2. The second-order valence-corrected chi connectivity index (χ2v) is 7.96. The van der Waals surface area contributed by atoms with Crippen molar-refractivity contribution in [3.8, 4) is 0 Å². The van der Waals surface area contributed by atoms with Crippen LogP contribution in [0.3, 0.4) is 0 Å². The Kier molecular flexibility index (Phi) is 4.56. The van der Waals surface area contributed by atoms with Crippen molar-refractivity contribution < 1.29 is 14.1 Å². The van der Waals surface area contributed by atoms with Gasteiger partial charge >= 0.3 is 0 Å². The Balaban J connectivity index is 1.49. The van der Waals surface area contributed by atoms with Gasteiger partial charge in [-0.15, -0.1) is 22.7 Å². The molecule has 4 rings (SSSR count). The van der Waals surface area contributed by atoms with Crippen LogP contribution in [-0.4, -0.2) is 33.4 Å². The van der Waals surface area contributed by atoms with Crippen LogP contribution in [-0.2, 0) is 0 Å². The SMILES string of the molecule is Cc1csc(NC(=O)c2ccc(C3CCCN3C(=O)c3ccno3)s2)n1. The molecule has 26 heavy (non-hydrogen) atoms. The number of anilines is 1. The molecule has 1 N–H and O–H groups in total. The second-order valence-electron chi connectivity index (χ2n) is 5.98. The monoisotopic (exact) mass is 388 g/mol. The zero-order valence-electron chi connectivity index (χ0n) is 14.0. The third kappa shape index (κ3) is 3.27. The van der Waals surface area contributed by atoms with Crippen LogP contribution in [0.1, 0.15) is 49.7 Å². The van der Waals surface area contributed by atoms with Crippen molar-refractivity contribution in [2.45, 2.75) is 25.8 Å². The zero-order chi connectivity index (χ0) is 18.1. The van der Waals surface area contributed by atoms with Crippen LogP contribution in [0, 0.1) is 6.92 Å². The molecule has 134 valence electrons. The van der Waals surface area contributed by atoms with Crippen molar-refractivity contribution in [3.63, 3.8) is 0 Å². The molecule has 0 spiro atoms. The first kappa shape index (κ1) is 16.9. The summed E-state index contributed by atoms with van der Waals surface area (Å²) in [6, 6.07) is 5.25. The first-order chi connectivity index (χ1) is 12.6. The van der Waals surface area contributed by atoms with Crippen molar-refractivity contribution in [1.82, 2.24) is 15.0 Å². The molecule has 4 heterocycles. The molecule has 0 saturated carbocycles. The van der Waals surface area contributed by atoms with Gasteiger partial charge in [0.25, 0.3) is 11.8 Å². The zero-order valence-corrected chi connectivity index (χ0v) is 15.6. The van der Waals surface area contributed by atoms with E-state index in [1.807, 2.05) is 18.4 Å². The molecule has 1 atom stereocenters. The standard InChI is InChI=1S/C17H16N4O3S2/c1-10-9-25-17(19-10)20-15(22)14-5-4-13(26-14)11-3-2-8-21(11)16(23)12-6-7-18-24-12/h4-7,9,11H,2-3,8H2,1H3,(H,19,20,22). The number of amides is 2. The van der Waals surface area contributed by atoms with Gasteiger partial charge in [-0.05, 0) is 31.9 Å². The van der Waals surface area contributed by atoms with Gasteiger partial charge in [-0.25, -0.2) is 4.98 Å². The van der Waals surface area contributed by atoms with Crippen LogP contribution in [0.4, 0.5) is 5.13 Å². The molecule has 2 amide bonds. The van der Waals surface area contributed by atoms with E-state index in [1.54, 1.807) is 17.0 Å². The number of aryl methyl sites for hydroxylation is 1. The smallest absolute Gasteiger partial charge is 0.292 e. The molecule has 0 radical (unpaired) electrons. The number of aromatic nitrogens is 2. The van der Waals surface area contributed by atoms with Crippen LogP contribution in [0.5, 0.6) is 0 Å². The lowest BCUT2D eigenvalue weighted by molar-refractivity contribution is 0.0695.